The van der Waals surface area contributed by atoms with Crippen LogP contribution in [0.25, 0.3) is 5.57 Å². The molecular weight excluding hydrogens is 252 g/mol. The summed E-state index contributed by atoms with van der Waals surface area (Å²) in [4.78, 5) is 6.17. The second kappa shape index (κ2) is 4.28. The van der Waals surface area contributed by atoms with E-state index in [1.54, 1.807) is 9.79 Å². The average Bonchev–Trinajstić information content (AvgIpc) is 2.84. The highest BCUT2D eigenvalue weighted by atomic mass is 32.2. The van der Waals surface area contributed by atoms with E-state index >= 15 is 0 Å². The molecule has 0 saturated heterocycles. The summed E-state index contributed by atoms with van der Waals surface area (Å²) in [5.74, 6) is 2.53. The second-order valence-electron chi connectivity index (χ2n) is 4.22. The van der Waals surface area contributed by atoms with Crippen LogP contribution in [0.4, 0.5) is 0 Å². The molecule has 0 N–H and O–H groups in total. The Morgan fingerprint density at radius 2 is 1.75 bits per heavy atom. The molecule has 0 saturated carbocycles. The molecule has 84 valence electrons. The van der Waals surface area contributed by atoms with Crippen LogP contribution >= 0.6 is 34.9 Å². The van der Waals surface area contributed by atoms with E-state index in [1.165, 1.54) is 32.4 Å². The monoisotopic (exact) mass is 266 g/mol. The van der Waals surface area contributed by atoms with Gasteiger partial charge in [0.1, 0.15) is 0 Å². The molecule has 0 unspecified atom stereocenters. The van der Waals surface area contributed by atoms with Crippen molar-refractivity contribution in [1.82, 2.24) is 0 Å². The van der Waals surface area contributed by atoms with E-state index in [1.807, 2.05) is 34.9 Å². The first-order valence-electron chi connectivity index (χ1n) is 5.51. The molecule has 0 bridgehead atoms. The Balaban J connectivity index is 2.02. The van der Waals surface area contributed by atoms with Gasteiger partial charge in [0.05, 0.1) is 0 Å². The minimum atomic E-state index is 1.15. The van der Waals surface area contributed by atoms with Crippen molar-refractivity contribution in [2.45, 2.75) is 30.1 Å². The van der Waals surface area contributed by atoms with E-state index in [4.69, 9.17) is 0 Å². The van der Waals surface area contributed by atoms with E-state index in [9.17, 15) is 0 Å². The van der Waals surface area contributed by atoms with Crippen LogP contribution in [0.1, 0.15) is 23.1 Å². The molecule has 0 radical (unpaired) electrons. The third kappa shape index (κ3) is 1.79. The van der Waals surface area contributed by atoms with Crippen LogP contribution in [0.3, 0.4) is 0 Å². The second-order valence-corrected chi connectivity index (χ2v) is 7.66. The Labute approximate surface area is 109 Å². The van der Waals surface area contributed by atoms with Gasteiger partial charge < -0.3 is 0 Å². The molecular formula is C13H14S3. The molecule has 0 amide bonds. The van der Waals surface area contributed by atoms with Crippen LogP contribution in [0, 0.1) is 6.92 Å². The number of rotatable bonds is 1. The lowest BCUT2D eigenvalue weighted by molar-refractivity contribution is 1.20. The zero-order valence-electron chi connectivity index (χ0n) is 9.50. The Morgan fingerprint density at radius 3 is 2.44 bits per heavy atom. The Bertz CT molecular complexity index is 492. The Morgan fingerprint density at radius 1 is 1.00 bits per heavy atom. The lowest BCUT2D eigenvalue weighted by atomic mass is 10.1. The molecule has 0 fully saturated rings. The van der Waals surface area contributed by atoms with Crippen molar-refractivity contribution >= 4 is 40.4 Å². The third-order valence-electron chi connectivity index (χ3n) is 2.89. The minimum absolute atomic E-state index is 1.15. The molecule has 3 rings (SSSR count). The summed E-state index contributed by atoms with van der Waals surface area (Å²) in [7, 11) is 0. The van der Waals surface area contributed by atoms with Gasteiger partial charge >= 0.3 is 0 Å². The van der Waals surface area contributed by atoms with Gasteiger partial charge in [-0.1, -0.05) is 17.7 Å². The summed E-state index contributed by atoms with van der Waals surface area (Å²) in [5.41, 5.74) is 3.02. The van der Waals surface area contributed by atoms with E-state index < -0.39 is 0 Å². The molecule has 1 aliphatic heterocycles. The smallest absolute Gasteiger partial charge is 0.0456 e. The summed E-state index contributed by atoms with van der Waals surface area (Å²) in [6, 6.07) is 0. The lowest BCUT2D eigenvalue weighted by Gasteiger charge is -2.13. The van der Waals surface area contributed by atoms with Crippen LogP contribution in [-0.4, -0.2) is 11.5 Å². The quantitative estimate of drug-likeness (QED) is 0.702. The maximum atomic E-state index is 2.31. The van der Waals surface area contributed by atoms with Gasteiger partial charge in [0.15, 0.2) is 0 Å². The molecule has 1 aliphatic carbocycles. The number of hydrogen-bond acceptors (Lipinski definition) is 3. The van der Waals surface area contributed by atoms with Crippen molar-refractivity contribution in [3.8, 4) is 0 Å². The largest absolute Gasteiger partial charge is 0.139 e. The molecule has 2 heterocycles. The molecule has 0 spiro atoms. The van der Waals surface area contributed by atoms with Gasteiger partial charge in [0.25, 0.3) is 0 Å². The van der Waals surface area contributed by atoms with Crippen LogP contribution in [0.5, 0.6) is 0 Å². The first-order valence-corrected chi connectivity index (χ1v) is 8.30. The molecule has 3 heteroatoms. The van der Waals surface area contributed by atoms with Crippen LogP contribution in [-0.2, 0) is 0 Å². The third-order valence-corrected chi connectivity index (χ3v) is 7.03. The standard InChI is InChI=1S/C13H14S3/c1-8-3-4-10(7-8)12-13-11(9(2)16-12)14-5-6-15-13/h3-4H,5-7H2,1-2H3. The van der Waals surface area contributed by atoms with Crippen molar-refractivity contribution < 1.29 is 0 Å². The van der Waals surface area contributed by atoms with Crippen LogP contribution in [0.2, 0.25) is 0 Å². The number of thioether (sulfide) groups is 2. The molecule has 1 aromatic heterocycles. The predicted molar refractivity (Wildman–Crippen MR) is 76.9 cm³/mol. The Hall–Kier alpha value is -0.120. The van der Waals surface area contributed by atoms with Gasteiger partial charge in [0, 0.05) is 31.1 Å². The first-order chi connectivity index (χ1) is 7.75. The molecule has 2 aliphatic rings. The average molecular weight is 266 g/mol. The maximum absolute atomic E-state index is 2.31. The number of aryl methyl sites for hydroxylation is 1. The van der Waals surface area contributed by atoms with E-state index in [0.29, 0.717) is 0 Å². The highest BCUT2D eigenvalue weighted by molar-refractivity contribution is 8.06. The summed E-state index contributed by atoms with van der Waals surface area (Å²) >= 11 is 6.08. The van der Waals surface area contributed by atoms with Crippen molar-refractivity contribution in [3.05, 3.63) is 27.5 Å². The fourth-order valence-corrected chi connectivity index (χ4v) is 6.23. The summed E-state index contributed by atoms with van der Waals surface area (Å²) in [6.07, 6.45) is 5.72. The number of hydrogen-bond donors (Lipinski definition) is 0. The minimum Gasteiger partial charge on any atom is -0.139 e. The summed E-state index contributed by atoms with van der Waals surface area (Å²) in [5, 5.41) is 0. The fourth-order valence-electron chi connectivity index (χ4n) is 2.12. The van der Waals surface area contributed by atoms with Crippen molar-refractivity contribution in [2.24, 2.45) is 0 Å². The molecule has 16 heavy (non-hydrogen) atoms. The van der Waals surface area contributed by atoms with Crippen molar-refractivity contribution in [1.29, 1.82) is 0 Å². The van der Waals surface area contributed by atoms with E-state index in [0.717, 1.165) is 6.42 Å². The lowest BCUT2D eigenvalue weighted by Crippen LogP contribution is -1.93. The first kappa shape index (κ1) is 11.0. The summed E-state index contributed by atoms with van der Waals surface area (Å²) in [6.45, 7) is 4.49. The topological polar surface area (TPSA) is 0 Å². The number of allylic oxidation sites excluding steroid dienone is 4. The van der Waals surface area contributed by atoms with Gasteiger partial charge in [-0.15, -0.1) is 34.9 Å². The van der Waals surface area contributed by atoms with Gasteiger partial charge in [-0.3, -0.25) is 0 Å². The highest BCUT2D eigenvalue weighted by Gasteiger charge is 2.22. The molecule has 0 aromatic carbocycles. The Kier molecular flexibility index (Phi) is 2.94. The van der Waals surface area contributed by atoms with Crippen LogP contribution < -0.4 is 0 Å². The van der Waals surface area contributed by atoms with Crippen molar-refractivity contribution in [3.63, 3.8) is 0 Å². The predicted octanol–water partition coefficient (Wildman–Crippen LogP) is 4.99. The summed E-state index contributed by atoms with van der Waals surface area (Å²) < 4.78 is 0. The van der Waals surface area contributed by atoms with Gasteiger partial charge in [-0.25, -0.2) is 0 Å². The van der Waals surface area contributed by atoms with Gasteiger partial charge in [-0.2, -0.15) is 0 Å². The van der Waals surface area contributed by atoms with Crippen molar-refractivity contribution in [2.75, 3.05) is 11.5 Å². The molecule has 0 nitrogen and oxygen atoms in total. The molecule has 0 atom stereocenters. The normalized spacial score (nSPS) is 19.4. The van der Waals surface area contributed by atoms with Gasteiger partial charge in [0.2, 0.25) is 0 Å². The number of fused-ring (bicyclic) bond motifs is 1. The zero-order valence-corrected chi connectivity index (χ0v) is 12.0. The zero-order chi connectivity index (χ0) is 11.1. The molecule has 1 aromatic rings. The fraction of sp³-hybridized carbons (Fsp3) is 0.385. The van der Waals surface area contributed by atoms with E-state index in [-0.39, 0.29) is 0 Å². The van der Waals surface area contributed by atoms with Crippen LogP contribution in [0.15, 0.2) is 27.5 Å². The number of thiophene rings is 1. The maximum Gasteiger partial charge on any atom is 0.0456 e. The SMILES string of the molecule is CC1=CC=C(c2sc(C)c3c2SCCS3)C1. The van der Waals surface area contributed by atoms with Gasteiger partial charge in [-0.05, 0) is 25.8 Å². The van der Waals surface area contributed by atoms with E-state index in [2.05, 4.69) is 26.0 Å². The highest BCUT2D eigenvalue weighted by Crippen LogP contribution is 2.49.